The number of aryl methyl sites for hydroxylation is 1. The third-order valence-electron chi connectivity index (χ3n) is 3.80. The first-order valence-electron chi connectivity index (χ1n) is 8.46. The molecule has 0 radical (unpaired) electrons. The van der Waals surface area contributed by atoms with Gasteiger partial charge in [-0.05, 0) is 43.2 Å². The minimum Gasteiger partial charge on any atom is -0.465 e. The van der Waals surface area contributed by atoms with Crippen molar-refractivity contribution >= 4 is 17.7 Å². The van der Waals surface area contributed by atoms with Crippen LogP contribution >= 0.6 is 11.8 Å². The second-order valence-corrected chi connectivity index (χ2v) is 6.43. The summed E-state index contributed by atoms with van der Waals surface area (Å²) in [6, 6.07) is 12.0. The molecule has 0 fully saturated rings. The lowest BCUT2D eigenvalue weighted by Crippen LogP contribution is -2.08. The molecule has 6 nitrogen and oxygen atoms in total. The molecule has 7 heteroatoms. The summed E-state index contributed by atoms with van der Waals surface area (Å²) in [5.41, 5.74) is 3.12. The van der Waals surface area contributed by atoms with Crippen molar-refractivity contribution in [2.24, 2.45) is 0 Å². The fraction of sp³-hybridized carbons (Fsp3) is 0.263. The summed E-state index contributed by atoms with van der Waals surface area (Å²) in [6.07, 6.45) is 4.42. The molecule has 0 aliphatic heterocycles. The number of nitrogens with zero attached hydrogens (tertiary/aromatic N) is 4. The average molecular weight is 368 g/mol. The minimum atomic E-state index is -0.265. The second kappa shape index (κ2) is 8.62. The Labute approximate surface area is 156 Å². The van der Waals surface area contributed by atoms with Gasteiger partial charge in [-0.15, -0.1) is 10.2 Å². The van der Waals surface area contributed by atoms with Crippen LogP contribution in [0.25, 0.3) is 17.1 Å². The molecule has 26 heavy (non-hydrogen) atoms. The fourth-order valence-electron chi connectivity index (χ4n) is 2.49. The van der Waals surface area contributed by atoms with Gasteiger partial charge in [0.25, 0.3) is 0 Å². The van der Waals surface area contributed by atoms with Crippen LogP contribution in [-0.4, -0.2) is 38.1 Å². The average Bonchev–Trinajstić information content (AvgIpc) is 3.11. The molecule has 0 bridgehead atoms. The van der Waals surface area contributed by atoms with E-state index in [0.717, 1.165) is 17.7 Å². The molecular formula is C19H20N4O2S. The first-order chi connectivity index (χ1) is 12.7. The van der Waals surface area contributed by atoms with Gasteiger partial charge in [0.2, 0.25) is 0 Å². The third-order valence-corrected chi connectivity index (χ3v) is 4.70. The maximum absolute atomic E-state index is 11.7. The highest BCUT2D eigenvalue weighted by Crippen LogP contribution is 2.28. The number of hydrogen-bond donors (Lipinski definition) is 0. The molecule has 0 unspecified atom stereocenters. The van der Waals surface area contributed by atoms with Gasteiger partial charge in [0.15, 0.2) is 11.0 Å². The molecular weight excluding hydrogens is 348 g/mol. The third kappa shape index (κ3) is 4.11. The van der Waals surface area contributed by atoms with E-state index in [1.807, 2.05) is 28.8 Å². The highest BCUT2D eigenvalue weighted by Gasteiger charge is 2.17. The van der Waals surface area contributed by atoms with Crippen molar-refractivity contribution in [1.82, 2.24) is 19.7 Å². The molecule has 2 heterocycles. The number of hydrogen-bond acceptors (Lipinski definition) is 6. The van der Waals surface area contributed by atoms with Gasteiger partial charge in [-0.3, -0.25) is 14.3 Å². The van der Waals surface area contributed by atoms with Crippen LogP contribution in [0.3, 0.4) is 0 Å². The van der Waals surface area contributed by atoms with Crippen LogP contribution in [0, 0.1) is 0 Å². The number of esters is 1. The minimum absolute atomic E-state index is 0.190. The standard InChI is InChI=1S/C19H20N4O2S/c1-3-14-5-7-16(8-6-14)23-18(15-9-11-20-12-10-15)21-22-19(23)26-13-17(24)25-4-2/h5-12H,3-4,13H2,1-2H3. The number of pyridine rings is 1. The van der Waals surface area contributed by atoms with Crippen LogP contribution in [-0.2, 0) is 16.0 Å². The number of rotatable bonds is 7. The number of aromatic nitrogens is 4. The van der Waals surface area contributed by atoms with E-state index < -0.39 is 0 Å². The Bertz CT molecular complexity index is 863. The summed E-state index contributed by atoms with van der Waals surface area (Å²) in [7, 11) is 0. The van der Waals surface area contributed by atoms with Crippen LogP contribution in [0.4, 0.5) is 0 Å². The summed E-state index contributed by atoms with van der Waals surface area (Å²) in [5.74, 6) is 0.636. The molecule has 0 atom stereocenters. The summed E-state index contributed by atoms with van der Waals surface area (Å²) in [4.78, 5) is 15.8. The highest BCUT2D eigenvalue weighted by molar-refractivity contribution is 7.99. The van der Waals surface area contributed by atoms with E-state index in [4.69, 9.17) is 4.74 Å². The van der Waals surface area contributed by atoms with Gasteiger partial charge in [-0.25, -0.2) is 0 Å². The zero-order valence-electron chi connectivity index (χ0n) is 14.8. The van der Waals surface area contributed by atoms with Gasteiger partial charge in [-0.1, -0.05) is 30.8 Å². The maximum atomic E-state index is 11.7. The molecule has 0 aliphatic rings. The Morgan fingerprint density at radius 1 is 1.08 bits per heavy atom. The molecule has 0 spiro atoms. The van der Waals surface area contributed by atoms with E-state index in [1.54, 1.807) is 19.3 Å². The molecule has 0 amide bonds. The molecule has 0 N–H and O–H groups in total. The topological polar surface area (TPSA) is 69.9 Å². The van der Waals surface area contributed by atoms with Gasteiger partial charge >= 0.3 is 5.97 Å². The normalized spacial score (nSPS) is 10.7. The maximum Gasteiger partial charge on any atom is 0.316 e. The molecule has 3 aromatic rings. The van der Waals surface area contributed by atoms with Crippen molar-refractivity contribution in [1.29, 1.82) is 0 Å². The van der Waals surface area contributed by atoms with Gasteiger partial charge in [0, 0.05) is 23.6 Å². The van der Waals surface area contributed by atoms with Crippen molar-refractivity contribution in [2.45, 2.75) is 25.4 Å². The number of thioether (sulfide) groups is 1. The second-order valence-electron chi connectivity index (χ2n) is 5.49. The van der Waals surface area contributed by atoms with Crippen LogP contribution in [0.1, 0.15) is 19.4 Å². The van der Waals surface area contributed by atoms with E-state index in [0.29, 0.717) is 17.6 Å². The molecule has 3 rings (SSSR count). The van der Waals surface area contributed by atoms with Gasteiger partial charge in [-0.2, -0.15) is 0 Å². The van der Waals surface area contributed by atoms with E-state index in [9.17, 15) is 4.79 Å². The number of ether oxygens (including phenoxy) is 1. The molecule has 0 aliphatic carbocycles. The zero-order valence-corrected chi connectivity index (χ0v) is 15.6. The van der Waals surface area contributed by atoms with Crippen molar-refractivity contribution < 1.29 is 9.53 Å². The van der Waals surface area contributed by atoms with E-state index in [2.05, 4.69) is 34.2 Å². The fourth-order valence-corrected chi connectivity index (χ4v) is 3.24. The van der Waals surface area contributed by atoms with Crippen molar-refractivity contribution in [2.75, 3.05) is 12.4 Å². The summed E-state index contributed by atoms with van der Waals surface area (Å²) < 4.78 is 6.96. The largest absolute Gasteiger partial charge is 0.465 e. The van der Waals surface area contributed by atoms with Crippen molar-refractivity contribution in [3.05, 3.63) is 54.4 Å². The lowest BCUT2D eigenvalue weighted by atomic mass is 10.1. The first-order valence-corrected chi connectivity index (χ1v) is 9.45. The molecule has 0 saturated heterocycles. The predicted molar refractivity (Wildman–Crippen MR) is 101 cm³/mol. The Kier molecular flexibility index (Phi) is 6.01. The van der Waals surface area contributed by atoms with Gasteiger partial charge in [0.05, 0.1) is 12.4 Å². The SMILES string of the molecule is CCOC(=O)CSc1nnc(-c2ccncc2)n1-c1ccc(CC)cc1. The quantitative estimate of drug-likeness (QED) is 0.469. The smallest absolute Gasteiger partial charge is 0.316 e. The monoisotopic (exact) mass is 368 g/mol. The Morgan fingerprint density at radius 3 is 2.46 bits per heavy atom. The molecule has 1 aromatic carbocycles. The van der Waals surface area contributed by atoms with Gasteiger partial charge in [0.1, 0.15) is 0 Å². The molecule has 2 aromatic heterocycles. The van der Waals surface area contributed by atoms with Crippen LogP contribution in [0.2, 0.25) is 0 Å². The van der Waals surface area contributed by atoms with Crippen molar-refractivity contribution in [3.63, 3.8) is 0 Å². The Hall–Kier alpha value is -2.67. The number of carbonyl (C=O) groups is 1. The Balaban J connectivity index is 1.99. The van der Waals surface area contributed by atoms with E-state index >= 15 is 0 Å². The Morgan fingerprint density at radius 2 is 1.81 bits per heavy atom. The lowest BCUT2D eigenvalue weighted by Gasteiger charge is -2.11. The summed E-state index contributed by atoms with van der Waals surface area (Å²) in [5, 5.41) is 9.28. The van der Waals surface area contributed by atoms with E-state index in [1.165, 1.54) is 17.3 Å². The summed E-state index contributed by atoms with van der Waals surface area (Å²) in [6.45, 7) is 4.28. The van der Waals surface area contributed by atoms with Gasteiger partial charge < -0.3 is 4.74 Å². The predicted octanol–water partition coefficient (Wildman–Crippen LogP) is 3.55. The highest BCUT2D eigenvalue weighted by atomic mass is 32.2. The number of carbonyl (C=O) groups excluding carboxylic acids is 1. The zero-order chi connectivity index (χ0) is 18.4. The van der Waals surface area contributed by atoms with Crippen molar-refractivity contribution in [3.8, 4) is 17.1 Å². The number of benzene rings is 1. The summed E-state index contributed by atoms with van der Waals surface area (Å²) >= 11 is 1.31. The molecule has 0 saturated carbocycles. The van der Waals surface area contributed by atoms with E-state index in [-0.39, 0.29) is 11.7 Å². The van der Waals surface area contributed by atoms with Crippen LogP contribution in [0.15, 0.2) is 53.9 Å². The first kappa shape index (κ1) is 18.1. The lowest BCUT2D eigenvalue weighted by molar-refractivity contribution is -0.139. The molecule has 134 valence electrons. The van der Waals surface area contributed by atoms with Crippen LogP contribution < -0.4 is 0 Å². The van der Waals surface area contributed by atoms with Crippen LogP contribution in [0.5, 0.6) is 0 Å².